The van der Waals surface area contributed by atoms with Crippen LogP contribution in [0.4, 0.5) is 0 Å². The average molecular weight is 1420 g/mol. The molecule has 0 rings (SSSR count). The molecule has 3 N–H and O–H groups in total. The number of unbranched alkanes of at least 4 members (excludes halogenated alkanes) is 33. The van der Waals surface area contributed by atoms with Crippen molar-refractivity contribution in [3.05, 3.63) is 85.1 Å². The van der Waals surface area contributed by atoms with Gasteiger partial charge in [-0.25, -0.2) is 9.13 Å². The zero-order valence-electron chi connectivity index (χ0n) is 62.0. The van der Waals surface area contributed by atoms with E-state index in [4.69, 9.17) is 37.0 Å². The van der Waals surface area contributed by atoms with E-state index in [1.54, 1.807) is 0 Å². The number of carbonyl (C=O) groups excluding carboxylic acids is 4. The maximum atomic E-state index is 13.1. The highest BCUT2D eigenvalue weighted by atomic mass is 31.2. The molecule has 19 heteroatoms. The Morgan fingerprint density at radius 1 is 0.296 bits per heavy atom. The van der Waals surface area contributed by atoms with Crippen LogP contribution in [-0.4, -0.2) is 96.7 Å². The van der Waals surface area contributed by atoms with E-state index in [0.717, 1.165) is 180 Å². The van der Waals surface area contributed by atoms with Crippen molar-refractivity contribution in [2.45, 2.75) is 354 Å². The minimum atomic E-state index is -4.97. The number of aliphatic hydroxyl groups is 1. The first kappa shape index (κ1) is 94.2. The predicted molar refractivity (Wildman–Crippen MR) is 399 cm³/mol. The van der Waals surface area contributed by atoms with Gasteiger partial charge < -0.3 is 33.8 Å². The van der Waals surface area contributed by atoms with Crippen molar-refractivity contribution in [2.24, 2.45) is 0 Å². The molecule has 0 heterocycles. The summed E-state index contributed by atoms with van der Waals surface area (Å²) >= 11 is 0. The summed E-state index contributed by atoms with van der Waals surface area (Å²) in [5.41, 5.74) is 0. The predicted octanol–water partition coefficient (Wildman–Crippen LogP) is 22.2. The molecule has 17 nitrogen and oxygen atoms in total. The van der Waals surface area contributed by atoms with Gasteiger partial charge in [0.25, 0.3) is 0 Å². The minimum Gasteiger partial charge on any atom is -0.462 e. The highest BCUT2D eigenvalue weighted by molar-refractivity contribution is 7.47. The van der Waals surface area contributed by atoms with Gasteiger partial charge in [-0.3, -0.25) is 37.3 Å². The number of allylic oxidation sites excluding steroid dienone is 14. The number of ether oxygens (including phenoxy) is 4. The summed E-state index contributed by atoms with van der Waals surface area (Å²) in [5, 5.41) is 10.6. The number of carbonyl (C=O) groups is 4. The van der Waals surface area contributed by atoms with E-state index in [1.807, 2.05) is 0 Å². The molecule has 0 aliphatic carbocycles. The molecule has 0 aromatic heterocycles. The third-order valence-electron chi connectivity index (χ3n) is 16.4. The van der Waals surface area contributed by atoms with Crippen LogP contribution in [0.1, 0.15) is 336 Å². The van der Waals surface area contributed by atoms with Crippen LogP contribution < -0.4 is 0 Å². The number of phosphoric acid groups is 2. The third-order valence-corrected chi connectivity index (χ3v) is 18.3. The van der Waals surface area contributed by atoms with Gasteiger partial charge in [-0.1, -0.05) is 286 Å². The second-order valence-corrected chi connectivity index (χ2v) is 28.8. The summed E-state index contributed by atoms with van der Waals surface area (Å²) < 4.78 is 68.5. The molecule has 568 valence electrons. The molecule has 0 radical (unpaired) electrons. The molecule has 0 amide bonds. The van der Waals surface area contributed by atoms with Crippen LogP contribution in [0.2, 0.25) is 0 Å². The highest BCUT2D eigenvalue weighted by Crippen LogP contribution is 2.45. The van der Waals surface area contributed by atoms with E-state index in [-0.39, 0.29) is 25.7 Å². The first-order valence-corrected chi connectivity index (χ1v) is 41.8. The maximum absolute atomic E-state index is 13.1. The third kappa shape index (κ3) is 70.7. The molecule has 98 heavy (non-hydrogen) atoms. The molecular formula is C79H140O17P2. The van der Waals surface area contributed by atoms with Crippen molar-refractivity contribution < 1.29 is 80.2 Å². The molecule has 0 aliphatic heterocycles. The zero-order chi connectivity index (χ0) is 71.8. The smallest absolute Gasteiger partial charge is 0.462 e. The van der Waals surface area contributed by atoms with Crippen molar-refractivity contribution in [3.8, 4) is 0 Å². The van der Waals surface area contributed by atoms with Crippen LogP contribution in [0.25, 0.3) is 0 Å². The Kier molecular flexibility index (Phi) is 68.9. The summed E-state index contributed by atoms with van der Waals surface area (Å²) in [6.07, 6.45) is 72.8. The standard InChI is InChI=1S/C79H140O17P2/c1-5-9-13-17-21-25-29-32-35-36-39-41-45-48-52-56-60-64-77(82)89-69-74(95-78(83)65-61-57-53-49-43-28-24-20-16-12-8-4)71-93-97(85,86)91-67-73(80)68-92-98(87,88)94-72-75(96-79(84)66-62-58-54-50-46-42-38-34-31-27-23-19-15-11-7-3)70-90-76(81)63-59-55-51-47-44-40-37-33-30-26-22-18-14-10-6-2/h9-10,13-14,20-22,24-26,32-33,35,37,73-75,80H,5-8,11-12,15-19,23,27-31,34,36,38-72H2,1-4H3,(H,85,86)(H,87,88)/b13-9-,14-10-,24-20-,25-21-,26-22-,35-32-,37-33-. The lowest BCUT2D eigenvalue weighted by Crippen LogP contribution is -2.30. The molecule has 0 bridgehead atoms. The van der Waals surface area contributed by atoms with E-state index in [9.17, 15) is 43.2 Å². The SMILES string of the molecule is CC/C=C\C/C=C\C/C=C\CCCCCCCCCC(=O)OCC(COP(=O)(O)OCC(O)COP(=O)(O)OCC(COC(=O)CCCCCCC/C=C\C/C=C\C/C=C\CC)OC(=O)CCCCCCCCCCCCCCCCC)OC(=O)CCCCCCC/C=C\CCCC. The van der Waals surface area contributed by atoms with Crippen molar-refractivity contribution in [1.82, 2.24) is 0 Å². The number of hydrogen-bond donors (Lipinski definition) is 3. The first-order valence-electron chi connectivity index (χ1n) is 38.8. The summed E-state index contributed by atoms with van der Waals surface area (Å²) in [7, 11) is -9.95. The average Bonchev–Trinajstić information content (AvgIpc) is 0.986. The van der Waals surface area contributed by atoms with Crippen molar-refractivity contribution >= 4 is 39.5 Å². The summed E-state index contributed by atoms with van der Waals surface area (Å²) in [5.74, 6) is -2.19. The van der Waals surface area contributed by atoms with Gasteiger partial charge >= 0.3 is 39.5 Å². The van der Waals surface area contributed by atoms with Crippen LogP contribution in [0, 0.1) is 0 Å². The molecule has 0 saturated heterocycles. The first-order chi connectivity index (χ1) is 47.7. The molecule has 0 spiro atoms. The minimum absolute atomic E-state index is 0.0835. The Hall–Kier alpha value is -3.76. The van der Waals surface area contributed by atoms with Crippen LogP contribution in [0.5, 0.6) is 0 Å². The van der Waals surface area contributed by atoms with Crippen molar-refractivity contribution in [1.29, 1.82) is 0 Å². The molecule has 0 aromatic carbocycles. The summed E-state index contributed by atoms with van der Waals surface area (Å²) in [4.78, 5) is 72.9. The molecule has 0 aliphatic rings. The lowest BCUT2D eigenvalue weighted by atomic mass is 10.0. The number of esters is 4. The fraction of sp³-hybridized carbons (Fsp3) is 0.772. The van der Waals surface area contributed by atoms with Crippen LogP contribution in [-0.2, 0) is 65.4 Å². The van der Waals surface area contributed by atoms with Crippen molar-refractivity contribution in [3.63, 3.8) is 0 Å². The number of hydrogen-bond acceptors (Lipinski definition) is 15. The van der Waals surface area contributed by atoms with Gasteiger partial charge in [0.05, 0.1) is 26.4 Å². The largest absolute Gasteiger partial charge is 0.472 e. The van der Waals surface area contributed by atoms with Gasteiger partial charge in [0, 0.05) is 25.7 Å². The van der Waals surface area contributed by atoms with E-state index in [2.05, 4.69) is 113 Å². The van der Waals surface area contributed by atoms with E-state index >= 15 is 0 Å². The van der Waals surface area contributed by atoms with Gasteiger partial charge in [0.2, 0.25) is 0 Å². The lowest BCUT2D eigenvalue weighted by Gasteiger charge is -2.21. The van der Waals surface area contributed by atoms with Crippen molar-refractivity contribution in [2.75, 3.05) is 39.6 Å². The van der Waals surface area contributed by atoms with Gasteiger partial charge in [-0.15, -0.1) is 0 Å². The second-order valence-electron chi connectivity index (χ2n) is 25.9. The molecule has 5 atom stereocenters. The number of aliphatic hydroxyl groups excluding tert-OH is 1. The maximum Gasteiger partial charge on any atom is 0.472 e. The quantitative estimate of drug-likeness (QED) is 0.0169. The van der Waals surface area contributed by atoms with E-state index in [1.165, 1.54) is 77.0 Å². The fourth-order valence-corrected chi connectivity index (χ4v) is 12.0. The number of rotatable bonds is 73. The molecule has 0 saturated carbocycles. The molecular weight excluding hydrogens is 1280 g/mol. The van der Waals surface area contributed by atoms with Gasteiger partial charge in [0.1, 0.15) is 19.3 Å². The Balaban J connectivity index is 5.31. The summed E-state index contributed by atoms with van der Waals surface area (Å²) in [6, 6.07) is 0. The Bertz CT molecular complexity index is 2190. The Morgan fingerprint density at radius 3 is 0.857 bits per heavy atom. The van der Waals surface area contributed by atoms with E-state index in [0.29, 0.717) is 25.7 Å². The van der Waals surface area contributed by atoms with Crippen LogP contribution >= 0.6 is 15.6 Å². The summed E-state index contributed by atoms with van der Waals surface area (Å²) in [6.45, 7) is 4.62. The lowest BCUT2D eigenvalue weighted by molar-refractivity contribution is -0.161. The highest BCUT2D eigenvalue weighted by Gasteiger charge is 2.30. The van der Waals surface area contributed by atoms with Gasteiger partial charge in [0.15, 0.2) is 12.2 Å². The second kappa shape index (κ2) is 71.6. The normalized spacial score (nSPS) is 14.4. The zero-order valence-corrected chi connectivity index (χ0v) is 63.7. The molecule has 5 unspecified atom stereocenters. The van der Waals surface area contributed by atoms with Gasteiger partial charge in [-0.05, 0) is 109 Å². The topological polar surface area (TPSA) is 237 Å². The Morgan fingerprint density at radius 2 is 0.541 bits per heavy atom. The Labute approximate surface area is 595 Å². The van der Waals surface area contributed by atoms with Crippen LogP contribution in [0.15, 0.2) is 85.1 Å². The number of phosphoric ester groups is 2. The fourth-order valence-electron chi connectivity index (χ4n) is 10.5. The van der Waals surface area contributed by atoms with Crippen LogP contribution in [0.3, 0.4) is 0 Å². The van der Waals surface area contributed by atoms with E-state index < -0.39 is 97.5 Å². The monoisotopic (exact) mass is 1420 g/mol. The molecule has 0 aromatic rings. The molecule has 0 fully saturated rings. The van der Waals surface area contributed by atoms with Gasteiger partial charge in [-0.2, -0.15) is 0 Å².